The Morgan fingerprint density at radius 1 is 0.514 bits per heavy atom. The van der Waals surface area contributed by atoms with E-state index in [0.717, 1.165) is 37.6 Å². The average molecular weight is 483 g/mol. The summed E-state index contributed by atoms with van der Waals surface area (Å²) < 4.78 is 11.9. The highest BCUT2D eigenvalue weighted by Gasteiger charge is 2.16. The van der Waals surface area contributed by atoms with Crippen LogP contribution < -0.4 is 9.47 Å². The molecule has 0 saturated heterocycles. The molecule has 2 aromatic rings. The van der Waals surface area contributed by atoms with Crippen LogP contribution in [-0.2, 0) is 0 Å². The van der Waals surface area contributed by atoms with Crippen LogP contribution in [0.3, 0.4) is 0 Å². The zero-order valence-corrected chi connectivity index (χ0v) is 24.5. The first-order valence-electron chi connectivity index (χ1n) is 14.2. The van der Waals surface area contributed by atoms with Gasteiger partial charge in [-0.05, 0) is 59.8 Å². The predicted octanol–water partition coefficient (Wildman–Crippen LogP) is 10.6. The highest BCUT2D eigenvalue weighted by atomic mass is 16.5. The SMILES string of the molecule is CCCCCOc1cccc(C(C)C)c1C(C)C.CCCCOc1cccc(C(C)C)c1C(C)C. The maximum absolute atomic E-state index is 5.99. The summed E-state index contributed by atoms with van der Waals surface area (Å²) in [6, 6.07) is 12.9. The van der Waals surface area contributed by atoms with E-state index in [1.165, 1.54) is 41.5 Å². The van der Waals surface area contributed by atoms with Crippen molar-refractivity contribution in [3.8, 4) is 11.5 Å². The summed E-state index contributed by atoms with van der Waals surface area (Å²) in [5, 5.41) is 0. The van der Waals surface area contributed by atoms with Crippen molar-refractivity contribution in [2.45, 2.75) is 125 Å². The molecule has 0 saturated carbocycles. The monoisotopic (exact) mass is 482 g/mol. The highest BCUT2D eigenvalue weighted by molar-refractivity contribution is 5.44. The Morgan fingerprint density at radius 2 is 0.914 bits per heavy atom. The van der Waals surface area contributed by atoms with Gasteiger partial charge in [0.15, 0.2) is 0 Å². The molecule has 0 heterocycles. The van der Waals surface area contributed by atoms with Gasteiger partial charge in [0.2, 0.25) is 0 Å². The number of benzene rings is 2. The first-order chi connectivity index (χ1) is 16.6. The van der Waals surface area contributed by atoms with Crippen LogP contribution >= 0.6 is 0 Å². The largest absolute Gasteiger partial charge is 0.493 e. The molecule has 35 heavy (non-hydrogen) atoms. The first-order valence-corrected chi connectivity index (χ1v) is 14.2. The van der Waals surface area contributed by atoms with Crippen LogP contribution in [0.25, 0.3) is 0 Å². The zero-order valence-electron chi connectivity index (χ0n) is 24.5. The Balaban J connectivity index is 0.000000351. The highest BCUT2D eigenvalue weighted by Crippen LogP contribution is 2.35. The van der Waals surface area contributed by atoms with Crippen molar-refractivity contribution in [3.63, 3.8) is 0 Å². The van der Waals surface area contributed by atoms with Gasteiger partial charge in [-0.3, -0.25) is 0 Å². The Kier molecular flexibility index (Phi) is 14.8. The van der Waals surface area contributed by atoms with Crippen LogP contribution in [0.5, 0.6) is 11.5 Å². The van der Waals surface area contributed by atoms with Crippen LogP contribution in [0.2, 0.25) is 0 Å². The van der Waals surface area contributed by atoms with Crippen LogP contribution in [0.15, 0.2) is 36.4 Å². The van der Waals surface area contributed by atoms with E-state index in [1.807, 2.05) is 0 Å². The van der Waals surface area contributed by atoms with E-state index >= 15 is 0 Å². The van der Waals surface area contributed by atoms with E-state index in [-0.39, 0.29) is 0 Å². The molecule has 0 fully saturated rings. The maximum Gasteiger partial charge on any atom is 0.123 e. The van der Waals surface area contributed by atoms with Gasteiger partial charge in [0.05, 0.1) is 13.2 Å². The molecule has 0 radical (unpaired) electrons. The van der Waals surface area contributed by atoms with Gasteiger partial charge in [0.1, 0.15) is 11.5 Å². The summed E-state index contributed by atoms with van der Waals surface area (Å²) >= 11 is 0. The molecule has 0 aliphatic rings. The van der Waals surface area contributed by atoms with Gasteiger partial charge in [-0.2, -0.15) is 0 Å². The third kappa shape index (κ3) is 10.3. The minimum absolute atomic E-state index is 0.518. The molecule has 198 valence electrons. The fourth-order valence-corrected chi connectivity index (χ4v) is 4.48. The fourth-order valence-electron chi connectivity index (χ4n) is 4.48. The molecule has 0 unspecified atom stereocenters. The fraction of sp³-hybridized carbons (Fsp3) is 0.636. The Hall–Kier alpha value is -1.96. The van der Waals surface area contributed by atoms with Gasteiger partial charge < -0.3 is 9.47 Å². The number of rotatable bonds is 13. The molecule has 2 aromatic carbocycles. The number of unbranched alkanes of at least 4 members (excludes halogenated alkanes) is 3. The molecule has 0 atom stereocenters. The van der Waals surface area contributed by atoms with E-state index in [2.05, 4.69) is 106 Å². The first kappa shape index (κ1) is 31.1. The lowest BCUT2D eigenvalue weighted by Crippen LogP contribution is -2.05. The molecule has 2 nitrogen and oxygen atoms in total. The summed E-state index contributed by atoms with van der Waals surface area (Å²) in [6.07, 6.45) is 5.96. The molecule has 2 rings (SSSR count). The number of hydrogen-bond acceptors (Lipinski definition) is 2. The summed E-state index contributed by atoms with van der Waals surface area (Å²) in [7, 11) is 0. The molecule has 0 spiro atoms. The number of hydrogen-bond donors (Lipinski definition) is 0. The average Bonchev–Trinajstić information content (AvgIpc) is 2.81. The van der Waals surface area contributed by atoms with Crippen molar-refractivity contribution in [3.05, 3.63) is 58.7 Å². The van der Waals surface area contributed by atoms with Crippen molar-refractivity contribution < 1.29 is 9.47 Å². The Labute approximate surface area is 217 Å². The molecule has 0 N–H and O–H groups in total. The topological polar surface area (TPSA) is 18.5 Å². The molecule has 0 aromatic heterocycles. The summed E-state index contributed by atoms with van der Waals surface area (Å²) in [4.78, 5) is 0. The van der Waals surface area contributed by atoms with E-state index in [9.17, 15) is 0 Å². The third-order valence-corrected chi connectivity index (χ3v) is 6.36. The lowest BCUT2D eigenvalue weighted by Gasteiger charge is -2.20. The van der Waals surface area contributed by atoms with Crippen molar-refractivity contribution in [1.82, 2.24) is 0 Å². The third-order valence-electron chi connectivity index (χ3n) is 6.36. The normalized spacial score (nSPS) is 11.3. The zero-order chi connectivity index (χ0) is 26.4. The second-order valence-corrected chi connectivity index (χ2v) is 10.9. The molecule has 0 amide bonds. The van der Waals surface area contributed by atoms with E-state index in [1.54, 1.807) is 0 Å². The van der Waals surface area contributed by atoms with Crippen molar-refractivity contribution in [1.29, 1.82) is 0 Å². The molecule has 0 aliphatic carbocycles. The van der Waals surface area contributed by atoms with Crippen LogP contribution in [0.1, 0.15) is 147 Å². The summed E-state index contributed by atoms with van der Waals surface area (Å²) in [5.74, 6) is 4.32. The van der Waals surface area contributed by atoms with Gasteiger partial charge in [-0.15, -0.1) is 0 Å². The lowest BCUT2D eigenvalue weighted by molar-refractivity contribution is 0.301. The van der Waals surface area contributed by atoms with E-state index in [0.29, 0.717) is 23.7 Å². The van der Waals surface area contributed by atoms with E-state index in [4.69, 9.17) is 9.47 Å². The van der Waals surface area contributed by atoms with Crippen LogP contribution in [0.4, 0.5) is 0 Å². The van der Waals surface area contributed by atoms with Gasteiger partial charge in [-0.1, -0.05) is 113 Å². The standard InChI is InChI=1S/C17H28O.C16H26O/c1-6-7-8-12-18-16-11-9-10-15(13(2)3)17(16)14(4)5;1-6-7-11-17-15-10-8-9-14(12(2)3)16(15)13(4)5/h9-11,13-14H,6-8,12H2,1-5H3;8-10,12-13H,6-7,11H2,1-5H3. The lowest BCUT2D eigenvalue weighted by atomic mass is 9.90. The molecule has 0 aliphatic heterocycles. The van der Waals surface area contributed by atoms with Crippen molar-refractivity contribution >= 4 is 0 Å². The van der Waals surface area contributed by atoms with Crippen LogP contribution in [-0.4, -0.2) is 13.2 Å². The maximum atomic E-state index is 5.99. The Morgan fingerprint density at radius 3 is 1.26 bits per heavy atom. The summed E-state index contributed by atoms with van der Waals surface area (Å²) in [5.41, 5.74) is 5.63. The molecule has 2 heteroatoms. The minimum Gasteiger partial charge on any atom is -0.493 e. The van der Waals surface area contributed by atoms with Gasteiger partial charge >= 0.3 is 0 Å². The van der Waals surface area contributed by atoms with Gasteiger partial charge in [-0.25, -0.2) is 0 Å². The molecular weight excluding hydrogens is 428 g/mol. The van der Waals surface area contributed by atoms with E-state index < -0.39 is 0 Å². The molecule has 0 bridgehead atoms. The number of ether oxygens (including phenoxy) is 2. The Bertz CT molecular complexity index is 833. The van der Waals surface area contributed by atoms with Gasteiger partial charge in [0, 0.05) is 11.1 Å². The quantitative estimate of drug-likeness (QED) is 0.264. The van der Waals surface area contributed by atoms with Crippen LogP contribution in [0, 0.1) is 0 Å². The van der Waals surface area contributed by atoms with Crippen molar-refractivity contribution in [2.75, 3.05) is 13.2 Å². The second kappa shape index (κ2) is 16.7. The molecular formula is C33H54O2. The smallest absolute Gasteiger partial charge is 0.123 e. The summed E-state index contributed by atoms with van der Waals surface area (Å²) in [6.45, 7) is 24.1. The second-order valence-electron chi connectivity index (χ2n) is 10.9. The predicted molar refractivity (Wildman–Crippen MR) is 155 cm³/mol. The van der Waals surface area contributed by atoms with Gasteiger partial charge in [0.25, 0.3) is 0 Å². The van der Waals surface area contributed by atoms with Crippen molar-refractivity contribution in [2.24, 2.45) is 0 Å². The minimum atomic E-state index is 0.518.